The van der Waals surface area contributed by atoms with Crippen LogP contribution in [-0.2, 0) is 24.2 Å². The number of rotatable bonds is 9. The van der Waals surface area contributed by atoms with Crippen molar-refractivity contribution in [1.29, 1.82) is 0 Å². The second kappa shape index (κ2) is 12.4. The first-order valence-electron chi connectivity index (χ1n) is 12.0. The topological polar surface area (TPSA) is 98.4 Å². The predicted octanol–water partition coefficient (Wildman–Crippen LogP) is 5.92. The molecule has 0 unspecified atom stereocenters. The summed E-state index contributed by atoms with van der Waals surface area (Å²) in [5.41, 5.74) is 3.00. The molecule has 11 heteroatoms. The SMILES string of the molecule is CCOC(=O)N1CCc2c(sc(NCc3ccc(OC)c(Br)c3)c2C(=O)Nc2cc(OC)ccc2OC)C1. The van der Waals surface area contributed by atoms with E-state index in [-0.39, 0.29) is 12.0 Å². The summed E-state index contributed by atoms with van der Waals surface area (Å²) in [5.74, 6) is 1.60. The molecule has 0 bridgehead atoms. The number of ether oxygens (including phenoxy) is 4. The van der Waals surface area contributed by atoms with Gasteiger partial charge in [0.2, 0.25) is 0 Å². The van der Waals surface area contributed by atoms with Gasteiger partial charge in [0.25, 0.3) is 5.91 Å². The molecule has 3 aromatic rings. The zero-order valence-corrected chi connectivity index (χ0v) is 24.1. The van der Waals surface area contributed by atoms with Crippen LogP contribution in [0.2, 0.25) is 0 Å². The first-order valence-corrected chi connectivity index (χ1v) is 13.6. The average Bonchev–Trinajstić information content (AvgIpc) is 3.29. The lowest BCUT2D eigenvalue weighted by Gasteiger charge is -2.26. The number of carbonyl (C=O) groups excluding carboxylic acids is 2. The van der Waals surface area contributed by atoms with E-state index in [9.17, 15) is 9.59 Å². The Bertz CT molecular complexity index is 1330. The van der Waals surface area contributed by atoms with Crippen LogP contribution in [0.25, 0.3) is 0 Å². The highest BCUT2D eigenvalue weighted by molar-refractivity contribution is 9.10. The van der Waals surface area contributed by atoms with Gasteiger partial charge in [-0.25, -0.2) is 4.79 Å². The summed E-state index contributed by atoms with van der Waals surface area (Å²) in [5, 5.41) is 7.17. The third-order valence-electron chi connectivity index (χ3n) is 6.13. The molecular weight excluding hydrogens is 574 g/mol. The first kappa shape index (κ1) is 27.6. The quantitative estimate of drug-likeness (QED) is 0.313. The number of nitrogens with zero attached hydrogens (tertiary/aromatic N) is 1. The molecule has 2 heterocycles. The lowest BCUT2D eigenvalue weighted by atomic mass is 10.0. The normalized spacial score (nSPS) is 12.4. The standard InChI is InChI=1S/C27H30BrN3O6S/c1-5-37-27(33)31-11-10-18-23(15-31)38-26(29-14-16-6-8-21(35-3)19(28)12-16)24(18)25(32)30-20-13-17(34-2)7-9-22(20)36-4/h6-9,12-13,29H,5,10-11,14-15H2,1-4H3,(H,30,32). The Morgan fingerprint density at radius 1 is 1.05 bits per heavy atom. The van der Waals surface area contributed by atoms with Gasteiger partial charge in [-0.3, -0.25) is 4.79 Å². The van der Waals surface area contributed by atoms with Crippen molar-refractivity contribution in [2.75, 3.05) is 45.1 Å². The van der Waals surface area contributed by atoms with Crippen LogP contribution in [0.5, 0.6) is 17.2 Å². The molecular formula is C27H30BrN3O6S. The molecule has 38 heavy (non-hydrogen) atoms. The summed E-state index contributed by atoms with van der Waals surface area (Å²) in [6, 6.07) is 11.1. The van der Waals surface area contributed by atoms with Gasteiger partial charge in [-0.2, -0.15) is 0 Å². The lowest BCUT2D eigenvalue weighted by Crippen LogP contribution is -2.36. The van der Waals surface area contributed by atoms with Crippen LogP contribution >= 0.6 is 27.3 Å². The lowest BCUT2D eigenvalue weighted by molar-refractivity contribution is 0.102. The number of nitrogens with one attached hydrogen (secondary N) is 2. The molecule has 1 aliphatic heterocycles. The molecule has 0 saturated heterocycles. The van der Waals surface area contributed by atoms with Gasteiger partial charge in [-0.1, -0.05) is 6.07 Å². The highest BCUT2D eigenvalue weighted by Crippen LogP contribution is 2.39. The predicted molar refractivity (Wildman–Crippen MR) is 151 cm³/mol. The first-order chi connectivity index (χ1) is 18.4. The molecule has 9 nitrogen and oxygen atoms in total. The van der Waals surface area contributed by atoms with Crippen molar-refractivity contribution in [2.45, 2.75) is 26.4 Å². The van der Waals surface area contributed by atoms with Gasteiger partial charge in [0, 0.05) is 24.0 Å². The average molecular weight is 605 g/mol. The zero-order chi connectivity index (χ0) is 27.2. The van der Waals surface area contributed by atoms with E-state index < -0.39 is 0 Å². The van der Waals surface area contributed by atoms with Gasteiger partial charge in [0.15, 0.2) is 0 Å². The largest absolute Gasteiger partial charge is 0.497 e. The summed E-state index contributed by atoms with van der Waals surface area (Å²) in [6.45, 7) is 3.44. The van der Waals surface area contributed by atoms with Gasteiger partial charge in [0.05, 0.1) is 50.2 Å². The van der Waals surface area contributed by atoms with Crippen molar-refractivity contribution >= 4 is 50.0 Å². The van der Waals surface area contributed by atoms with Gasteiger partial charge >= 0.3 is 6.09 Å². The Balaban J connectivity index is 1.65. The van der Waals surface area contributed by atoms with Crippen molar-refractivity contribution in [3.05, 3.63) is 62.4 Å². The molecule has 0 fully saturated rings. The van der Waals surface area contributed by atoms with E-state index >= 15 is 0 Å². The number of carbonyl (C=O) groups is 2. The Hall–Kier alpha value is -3.44. The summed E-state index contributed by atoms with van der Waals surface area (Å²) < 4.78 is 22.1. The van der Waals surface area contributed by atoms with E-state index in [4.69, 9.17) is 18.9 Å². The maximum Gasteiger partial charge on any atom is 0.410 e. The molecule has 0 atom stereocenters. The van der Waals surface area contributed by atoms with Crippen LogP contribution in [-0.4, -0.2) is 51.4 Å². The Kier molecular flexibility index (Phi) is 9.01. The van der Waals surface area contributed by atoms with Crippen LogP contribution in [0.15, 0.2) is 40.9 Å². The third kappa shape index (κ3) is 5.99. The van der Waals surface area contributed by atoms with Crippen molar-refractivity contribution in [1.82, 2.24) is 4.90 Å². The van der Waals surface area contributed by atoms with Gasteiger partial charge in [-0.15, -0.1) is 11.3 Å². The number of benzene rings is 2. The molecule has 2 aromatic carbocycles. The van der Waals surface area contributed by atoms with Gasteiger partial charge < -0.3 is 34.5 Å². The van der Waals surface area contributed by atoms with E-state index in [1.807, 2.05) is 18.2 Å². The molecule has 2 N–H and O–H groups in total. The molecule has 1 aliphatic rings. The van der Waals surface area contributed by atoms with E-state index in [0.29, 0.717) is 55.4 Å². The molecule has 0 radical (unpaired) electrons. The van der Waals surface area contributed by atoms with E-state index in [0.717, 1.165) is 31.2 Å². The van der Waals surface area contributed by atoms with Gasteiger partial charge in [-0.05, 0) is 64.7 Å². The van der Waals surface area contributed by atoms with Crippen molar-refractivity contribution in [3.63, 3.8) is 0 Å². The minimum atomic E-state index is -0.351. The van der Waals surface area contributed by atoms with Crippen LogP contribution in [0, 0.1) is 0 Å². The number of thiophene rings is 1. The second-order valence-corrected chi connectivity index (χ2v) is 10.4. The monoisotopic (exact) mass is 603 g/mol. The summed E-state index contributed by atoms with van der Waals surface area (Å²) in [4.78, 5) is 28.7. The molecule has 4 rings (SSSR count). The molecule has 202 valence electrons. The van der Waals surface area contributed by atoms with Crippen LogP contribution in [0.4, 0.5) is 15.5 Å². The van der Waals surface area contributed by atoms with Crippen molar-refractivity contribution in [2.24, 2.45) is 0 Å². The maximum absolute atomic E-state index is 13.7. The summed E-state index contributed by atoms with van der Waals surface area (Å²) in [7, 11) is 4.74. The maximum atomic E-state index is 13.7. The minimum absolute atomic E-state index is 0.267. The van der Waals surface area contributed by atoms with E-state index in [1.165, 1.54) is 11.3 Å². The van der Waals surface area contributed by atoms with Crippen LogP contribution < -0.4 is 24.8 Å². The number of amides is 2. The fraction of sp³-hybridized carbons (Fsp3) is 0.333. The smallest absolute Gasteiger partial charge is 0.410 e. The Morgan fingerprint density at radius 2 is 1.82 bits per heavy atom. The molecule has 2 amide bonds. The highest BCUT2D eigenvalue weighted by Gasteiger charge is 2.30. The van der Waals surface area contributed by atoms with Crippen molar-refractivity contribution in [3.8, 4) is 17.2 Å². The fourth-order valence-electron chi connectivity index (χ4n) is 4.24. The number of methoxy groups -OCH3 is 3. The van der Waals surface area contributed by atoms with E-state index in [1.54, 1.807) is 51.4 Å². The number of anilines is 2. The Morgan fingerprint density at radius 3 is 2.50 bits per heavy atom. The minimum Gasteiger partial charge on any atom is -0.497 e. The fourth-order valence-corrected chi connectivity index (χ4v) is 6.08. The highest BCUT2D eigenvalue weighted by atomic mass is 79.9. The molecule has 1 aromatic heterocycles. The third-order valence-corrected chi connectivity index (χ3v) is 7.93. The zero-order valence-electron chi connectivity index (χ0n) is 21.7. The van der Waals surface area contributed by atoms with Crippen LogP contribution in [0.1, 0.15) is 33.3 Å². The summed E-state index contributed by atoms with van der Waals surface area (Å²) in [6.07, 6.45) is 0.189. The van der Waals surface area contributed by atoms with E-state index in [2.05, 4.69) is 26.6 Å². The molecule has 0 aliphatic carbocycles. The number of hydrogen-bond acceptors (Lipinski definition) is 8. The van der Waals surface area contributed by atoms with Crippen molar-refractivity contribution < 1.29 is 28.5 Å². The molecule has 0 spiro atoms. The second-order valence-electron chi connectivity index (χ2n) is 8.42. The number of fused-ring (bicyclic) bond motifs is 1. The summed E-state index contributed by atoms with van der Waals surface area (Å²) >= 11 is 5.00. The Labute approximate surface area is 234 Å². The molecule has 0 saturated carbocycles. The van der Waals surface area contributed by atoms with Crippen LogP contribution in [0.3, 0.4) is 0 Å². The van der Waals surface area contributed by atoms with Gasteiger partial charge in [0.1, 0.15) is 22.2 Å². The number of hydrogen-bond donors (Lipinski definition) is 2. The number of halogens is 1.